The molecule has 20 heavy (non-hydrogen) atoms. The summed E-state index contributed by atoms with van der Waals surface area (Å²) in [7, 11) is 0. The van der Waals surface area contributed by atoms with Gasteiger partial charge in [0.25, 0.3) is 0 Å². The van der Waals surface area contributed by atoms with Crippen LogP contribution < -0.4 is 4.74 Å². The van der Waals surface area contributed by atoms with Crippen molar-refractivity contribution in [3.63, 3.8) is 0 Å². The summed E-state index contributed by atoms with van der Waals surface area (Å²) in [6.07, 6.45) is 0. The second kappa shape index (κ2) is 6.87. The first kappa shape index (κ1) is 15.0. The maximum Gasteiger partial charge on any atom is 0.140 e. The molecule has 0 fully saturated rings. The van der Waals surface area contributed by atoms with Crippen molar-refractivity contribution < 1.29 is 9.13 Å². The topological polar surface area (TPSA) is 33.0 Å². The molecule has 2 rings (SSSR count). The van der Waals surface area contributed by atoms with Crippen LogP contribution >= 0.6 is 31.9 Å². The molecule has 0 amide bonds. The van der Waals surface area contributed by atoms with E-state index in [0.29, 0.717) is 5.33 Å². The molecule has 0 radical (unpaired) electrons. The van der Waals surface area contributed by atoms with Gasteiger partial charge in [0.1, 0.15) is 24.2 Å². The maximum atomic E-state index is 13.2. The molecule has 0 aliphatic heterocycles. The predicted molar refractivity (Wildman–Crippen MR) is 82.2 cm³/mol. The Bertz CT molecular complexity index is 667. The standard InChI is InChI=1S/C15H10Br2FNO/c16-7-11-2-1-3-13(17)15(11)20-9-10-4-5-14(18)12(6-10)8-19/h1-6H,7,9H2. The van der Waals surface area contributed by atoms with Gasteiger partial charge in [0.15, 0.2) is 0 Å². The molecule has 5 heteroatoms. The number of halogens is 3. The van der Waals surface area contributed by atoms with Crippen molar-refractivity contribution in [2.75, 3.05) is 0 Å². The maximum absolute atomic E-state index is 13.2. The number of alkyl halides is 1. The minimum atomic E-state index is -0.515. The van der Waals surface area contributed by atoms with Gasteiger partial charge in [-0.2, -0.15) is 5.26 Å². The van der Waals surface area contributed by atoms with Crippen molar-refractivity contribution in [2.24, 2.45) is 0 Å². The molecular formula is C15H10Br2FNO. The van der Waals surface area contributed by atoms with E-state index in [9.17, 15) is 4.39 Å². The molecule has 0 N–H and O–H groups in total. The number of hydrogen-bond donors (Lipinski definition) is 0. The first-order valence-corrected chi connectivity index (χ1v) is 7.72. The van der Waals surface area contributed by atoms with Crippen LogP contribution in [0.4, 0.5) is 4.39 Å². The van der Waals surface area contributed by atoms with Crippen LogP contribution in [0, 0.1) is 17.1 Å². The lowest BCUT2D eigenvalue weighted by Gasteiger charge is -2.12. The molecule has 0 saturated heterocycles. The summed E-state index contributed by atoms with van der Waals surface area (Å²) in [6, 6.07) is 12.0. The minimum Gasteiger partial charge on any atom is -0.487 e. The highest BCUT2D eigenvalue weighted by molar-refractivity contribution is 9.10. The van der Waals surface area contributed by atoms with Crippen molar-refractivity contribution >= 4 is 31.9 Å². The summed E-state index contributed by atoms with van der Waals surface area (Å²) < 4.78 is 19.9. The Morgan fingerprint density at radius 3 is 2.75 bits per heavy atom. The van der Waals surface area contributed by atoms with Gasteiger partial charge in [-0.1, -0.05) is 34.1 Å². The van der Waals surface area contributed by atoms with E-state index < -0.39 is 5.82 Å². The molecule has 0 aliphatic rings. The Morgan fingerprint density at radius 2 is 2.05 bits per heavy atom. The van der Waals surface area contributed by atoms with Crippen molar-refractivity contribution in [1.82, 2.24) is 0 Å². The van der Waals surface area contributed by atoms with Crippen LogP contribution in [0.1, 0.15) is 16.7 Å². The second-order valence-electron chi connectivity index (χ2n) is 4.08. The van der Waals surface area contributed by atoms with Crippen molar-refractivity contribution in [3.8, 4) is 11.8 Å². The predicted octanol–water partition coefficient (Wildman–Crippen LogP) is 4.93. The van der Waals surface area contributed by atoms with E-state index in [-0.39, 0.29) is 12.2 Å². The van der Waals surface area contributed by atoms with Gasteiger partial charge in [0.2, 0.25) is 0 Å². The molecule has 0 saturated carbocycles. The zero-order valence-corrected chi connectivity index (χ0v) is 13.5. The fraction of sp³-hybridized carbons (Fsp3) is 0.133. The van der Waals surface area contributed by atoms with Gasteiger partial charge >= 0.3 is 0 Å². The molecular weight excluding hydrogens is 389 g/mol. The lowest BCUT2D eigenvalue weighted by atomic mass is 10.1. The quantitative estimate of drug-likeness (QED) is 0.683. The third kappa shape index (κ3) is 3.38. The fourth-order valence-electron chi connectivity index (χ4n) is 1.72. The van der Waals surface area contributed by atoms with Crippen LogP contribution in [0.2, 0.25) is 0 Å². The Kier molecular flexibility index (Phi) is 5.16. The first-order chi connectivity index (χ1) is 9.65. The number of ether oxygens (including phenoxy) is 1. The summed E-state index contributed by atoms with van der Waals surface area (Å²) in [5, 5.41) is 9.49. The average Bonchev–Trinajstić information content (AvgIpc) is 2.47. The van der Waals surface area contributed by atoms with Crippen LogP contribution in [-0.4, -0.2) is 0 Å². The number of benzene rings is 2. The number of nitriles is 1. The first-order valence-electron chi connectivity index (χ1n) is 5.80. The van der Waals surface area contributed by atoms with Crippen LogP contribution in [0.5, 0.6) is 5.75 Å². The monoisotopic (exact) mass is 397 g/mol. The van der Waals surface area contributed by atoms with Gasteiger partial charge in [-0.3, -0.25) is 0 Å². The molecule has 0 unspecified atom stereocenters. The van der Waals surface area contributed by atoms with Crippen molar-refractivity contribution in [2.45, 2.75) is 11.9 Å². The lowest BCUT2D eigenvalue weighted by molar-refractivity contribution is 0.302. The minimum absolute atomic E-state index is 0.0268. The summed E-state index contributed by atoms with van der Waals surface area (Å²) in [4.78, 5) is 0. The summed E-state index contributed by atoms with van der Waals surface area (Å²) in [5.74, 6) is 0.227. The summed E-state index contributed by atoms with van der Waals surface area (Å²) in [5.41, 5.74) is 1.79. The Morgan fingerprint density at radius 1 is 1.25 bits per heavy atom. The summed E-state index contributed by atoms with van der Waals surface area (Å²) in [6.45, 7) is 0.275. The van der Waals surface area contributed by atoms with E-state index >= 15 is 0 Å². The number of nitrogens with zero attached hydrogens (tertiary/aromatic N) is 1. The van der Waals surface area contributed by atoms with Crippen LogP contribution in [0.3, 0.4) is 0 Å². The van der Waals surface area contributed by atoms with E-state index in [1.807, 2.05) is 24.3 Å². The molecule has 0 aliphatic carbocycles. The number of para-hydroxylation sites is 1. The molecule has 102 valence electrons. The van der Waals surface area contributed by atoms with Crippen molar-refractivity contribution in [1.29, 1.82) is 5.26 Å². The molecule has 0 heterocycles. The van der Waals surface area contributed by atoms with Crippen molar-refractivity contribution in [3.05, 3.63) is 63.4 Å². The largest absolute Gasteiger partial charge is 0.487 e. The van der Waals surface area contributed by atoms with Gasteiger partial charge in [-0.15, -0.1) is 0 Å². The molecule has 0 aromatic heterocycles. The highest BCUT2D eigenvalue weighted by Crippen LogP contribution is 2.31. The molecule has 0 spiro atoms. The highest BCUT2D eigenvalue weighted by atomic mass is 79.9. The Balaban J connectivity index is 2.19. The highest BCUT2D eigenvalue weighted by Gasteiger charge is 2.08. The van der Waals surface area contributed by atoms with Gasteiger partial charge in [-0.25, -0.2) is 4.39 Å². The van der Waals surface area contributed by atoms with Crippen LogP contribution in [0.25, 0.3) is 0 Å². The smallest absolute Gasteiger partial charge is 0.140 e. The van der Waals surface area contributed by atoms with Crippen LogP contribution in [-0.2, 0) is 11.9 Å². The second-order valence-corrected chi connectivity index (χ2v) is 5.49. The molecule has 0 atom stereocenters. The zero-order chi connectivity index (χ0) is 14.5. The summed E-state index contributed by atoms with van der Waals surface area (Å²) >= 11 is 6.85. The van der Waals surface area contributed by atoms with Crippen LogP contribution in [0.15, 0.2) is 40.9 Å². The number of rotatable bonds is 4. The van der Waals surface area contributed by atoms with E-state index in [1.54, 1.807) is 6.07 Å². The SMILES string of the molecule is N#Cc1cc(COc2c(Br)cccc2CBr)ccc1F. The molecule has 0 bridgehead atoms. The normalized spacial score (nSPS) is 10.1. The van der Waals surface area contributed by atoms with E-state index in [0.717, 1.165) is 21.3 Å². The molecule has 2 aromatic rings. The van der Waals surface area contributed by atoms with Gasteiger partial charge < -0.3 is 4.74 Å². The van der Waals surface area contributed by atoms with E-state index in [4.69, 9.17) is 10.00 Å². The molecule has 2 aromatic carbocycles. The van der Waals surface area contributed by atoms with Gasteiger partial charge in [0, 0.05) is 10.9 Å². The third-order valence-corrected chi connectivity index (χ3v) is 3.96. The van der Waals surface area contributed by atoms with E-state index in [1.165, 1.54) is 12.1 Å². The Hall–Kier alpha value is -1.38. The van der Waals surface area contributed by atoms with E-state index in [2.05, 4.69) is 31.9 Å². The molecule has 2 nitrogen and oxygen atoms in total. The zero-order valence-electron chi connectivity index (χ0n) is 10.4. The number of hydrogen-bond acceptors (Lipinski definition) is 2. The fourth-order valence-corrected chi connectivity index (χ4v) is 2.69. The third-order valence-electron chi connectivity index (χ3n) is 2.73. The average molecular weight is 399 g/mol. The van der Waals surface area contributed by atoms with Gasteiger partial charge in [-0.05, 0) is 39.7 Å². The van der Waals surface area contributed by atoms with Gasteiger partial charge in [0.05, 0.1) is 10.0 Å². The lowest BCUT2D eigenvalue weighted by Crippen LogP contribution is -2.00. The Labute approximate surface area is 133 Å².